The predicted octanol–water partition coefficient (Wildman–Crippen LogP) is 3.82. The molecule has 1 aromatic heterocycles. The van der Waals surface area contributed by atoms with E-state index in [1.165, 1.54) is 0 Å². The van der Waals surface area contributed by atoms with Crippen LogP contribution in [0.2, 0.25) is 0 Å². The van der Waals surface area contributed by atoms with Crippen LogP contribution >= 0.6 is 0 Å². The summed E-state index contributed by atoms with van der Waals surface area (Å²) >= 11 is 0. The van der Waals surface area contributed by atoms with Gasteiger partial charge in [-0.2, -0.15) is 0 Å². The number of carbonyl (C=O) groups is 1. The maximum atomic E-state index is 12.7. The summed E-state index contributed by atoms with van der Waals surface area (Å²) < 4.78 is 15.7. The van der Waals surface area contributed by atoms with Gasteiger partial charge in [0.05, 0.1) is 26.9 Å². The molecule has 7 nitrogen and oxygen atoms in total. The van der Waals surface area contributed by atoms with Crippen LogP contribution in [0.3, 0.4) is 0 Å². The minimum atomic E-state index is -0.195. The Hall–Kier alpha value is -3.74. The fraction of sp³-hybridized carbons (Fsp3) is 0.217. The van der Waals surface area contributed by atoms with Crippen LogP contribution in [0.4, 0.5) is 11.5 Å². The van der Waals surface area contributed by atoms with Gasteiger partial charge in [0.2, 0.25) is 0 Å². The number of hydrogen-bond acceptors (Lipinski definition) is 6. The molecule has 3 aromatic rings. The first-order valence-electron chi connectivity index (χ1n) is 9.49. The molecule has 0 bridgehead atoms. The Morgan fingerprint density at radius 3 is 2.40 bits per heavy atom. The molecule has 0 saturated carbocycles. The first-order chi connectivity index (χ1) is 14.6. The molecule has 0 radical (unpaired) electrons. The number of rotatable bonds is 9. The molecule has 0 saturated heterocycles. The number of ether oxygens (including phenoxy) is 3. The van der Waals surface area contributed by atoms with Crippen LogP contribution in [0.5, 0.6) is 17.2 Å². The van der Waals surface area contributed by atoms with Gasteiger partial charge in [-0.25, -0.2) is 4.98 Å². The molecule has 0 aliphatic heterocycles. The summed E-state index contributed by atoms with van der Waals surface area (Å²) in [5.74, 6) is 2.40. The van der Waals surface area contributed by atoms with Crippen molar-refractivity contribution in [3.8, 4) is 17.2 Å². The Morgan fingerprint density at radius 1 is 0.933 bits per heavy atom. The molecule has 0 spiro atoms. The van der Waals surface area contributed by atoms with Crippen LogP contribution in [0.25, 0.3) is 0 Å². The van der Waals surface area contributed by atoms with Crippen molar-refractivity contribution in [2.75, 3.05) is 33.2 Å². The van der Waals surface area contributed by atoms with E-state index in [1.807, 2.05) is 42.5 Å². The van der Waals surface area contributed by atoms with Crippen molar-refractivity contribution in [3.63, 3.8) is 0 Å². The molecule has 1 heterocycles. The van der Waals surface area contributed by atoms with Gasteiger partial charge >= 0.3 is 0 Å². The van der Waals surface area contributed by atoms with Crippen molar-refractivity contribution in [2.45, 2.75) is 6.42 Å². The Labute approximate surface area is 176 Å². The number of aromatic nitrogens is 1. The highest BCUT2D eigenvalue weighted by Gasteiger charge is 2.12. The molecule has 0 atom stereocenters. The third-order valence-electron chi connectivity index (χ3n) is 4.55. The summed E-state index contributed by atoms with van der Waals surface area (Å²) in [5.41, 5.74) is 2.32. The minimum absolute atomic E-state index is 0.195. The molecule has 3 rings (SSSR count). The molecular weight excluding hydrogens is 382 g/mol. The first kappa shape index (κ1) is 21.0. The average molecular weight is 407 g/mol. The van der Waals surface area contributed by atoms with E-state index in [-0.39, 0.29) is 5.91 Å². The molecule has 2 N–H and O–H groups in total. The van der Waals surface area contributed by atoms with Crippen molar-refractivity contribution >= 4 is 17.4 Å². The van der Waals surface area contributed by atoms with Gasteiger partial charge < -0.3 is 24.8 Å². The standard InChI is InChI=1S/C23H25N3O4/c1-28-18-9-7-17(8-10-18)26-22-19(5-4-13-24-22)23(27)25-14-12-16-6-11-20(29-2)21(15-16)30-3/h4-11,13,15H,12,14H2,1-3H3,(H,24,26)(H,25,27). The highest BCUT2D eigenvalue weighted by atomic mass is 16.5. The Balaban J connectivity index is 1.63. The highest BCUT2D eigenvalue weighted by Crippen LogP contribution is 2.27. The van der Waals surface area contributed by atoms with Crippen LogP contribution in [0.1, 0.15) is 15.9 Å². The Bertz CT molecular complexity index is 990. The van der Waals surface area contributed by atoms with E-state index >= 15 is 0 Å². The third-order valence-corrected chi connectivity index (χ3v) is 4.55. The van der Waals surface area contributed by atoms with Gasteiger partial charge in [-0.15, -0.1) is 0 Å². The fourth-order valence-electron chi connectivity index (χ4n) is 2.95. The number of anilines is 2. The van der Waals surface area contributed by atoms with Crippen LogP contribution in [0.15, 0.2) is 60.8 Å². The smallest absolute Gasteiger partial charge is 0.255 e. The van der Waals surface area contributed by atoms with Gasteiger partial charge in [0.1, 0.15) is 11.6 Å². The number of methoxy groups -OCH3 is 3. The second kappa shape index (κ2) is 10.2. The van der Waals surface area contributed by atoms with E-state index in [0.29, 0.717) is 35.8 Å². The third kappa shape index (κ3) is 5.20. The summed E-state index contributed by atoms with van der Waals surface area (Å²) in [6.45, 7) is 0.477. The normalized spacial score (nSPS) is 10.2. The zero-order valence-corrected chi connectivity index (χ0v) is 17.3. The summed E-state index contributed by atoms with van der Waals surface area (Å²) in [7, 11) is 4.82. The molecular formula is C23H25N3O4. The summed E-state index contributed by atoms with van der Waals surface area (Å²) in [4.78, 5) is 17.0. The Kier molecular flexibility index (Phi) is 7.10. The van der Waals surface area contributed by atoms with Gasteiger partial charge in [0.25, 0.3) is 5.91 Å². The van der Waals surface area contributed by atoms with Gasteiger partial charge in [0, 0.05) is 18.4 Å². The number of nitrogens with zero attached hydrogens (tertiary/aromatic N) is 1. The van der Waals surface area contributed by atoms with E-state index in [0.717, 1.165) is 17.0 Å². The molecule has 0 fully saturated rings. The van der Waals surface area contributed by atoms with Crippen molar-refractivity contribution in [1.29, 1.82) is 0 Å². The topological polar surface area (TPSA) is 81.7 Å². The predicted molar refractivity (Wildman–Crippen MR) is 116 cm³/mol. The average Bonchev–Trinajstić information content (AvgIpc) is 2.79. The quantitative estimate of drug-likeness (QED) is 0.561. The number of hydrogen-bond donors (Lipinski definition) is 2. The van der Waals surface area contributed by atoms with Crippen LogP contribution < -0.4 is 24.8 Å². The van der Waals surface area contributed by atoms with E-state index in [4.69, 9.17) is 14.2 Å². The van der Waals surface area contributed by atoms with Crippen molar-refractivity contribution in [1.82, 2.24) is 10.3 Å². The van der Waals surface area contributed by atoms with Crippen LogP contribution in [-0.4, -0.2) is 38.8 Å². The molecule has 1 amide bonds. The molecule has 0 aliphatic rings. The minimum Gasteiger partial charge on any atom is -0.497 e. The molecule has 0 aliphatic carbocycles. The van der Waals surface area contributed by atoms with E-state index in [2.05, 4.69) is 15.6 Å². The lowest BCUT2D eigenvalue weighted by molar-refractivity contribution is 0.0954. The highest BCUT2D eigenvalue weighted by molar-refractivity contribution is 5.99. The fourth-order valence-corrected chi connectivity index (χ4v) is 2.95. The maximum Gasteiger partial charge on any atom is 0.255 e. The molecule has 2 aromatic carbocycles. The summed E-state index contributed by atoms with van der Waals surface area (Å²) in [6.07, 6.45) is 2.31. The van der Waals surface area contributed by atoms with Crippen LogP contribution in [-0.2, 0) is 6.42 Å². The van der Waals surface area contributed by atoms with Gasteiger partial charge in [0.15, 0.2) is 11.5 Å². The lowest BCUT2D eigenvalue weighted by Gasteiger charge is -2.12. The van der Waals surface area contributed by atoms with Gasteiger partial charge in [-0.3, -0.25) is 4.79 Å². The number of pyridine rings is 1. The number of benzene rings is 2. The van der Waals surface area contributed by atoms with E-state index < -0.39 is 0 Å². The van der Waals surface area contributed by atoms with Crippen molar-refractivity contribution in [3.05, 3.63) is 71.9 Å². The number of nitrogens with one attached hydrogen (secondary N) is 2. The first-order valence-corrected chi connectivity index (χ1v) is 9.49. The number of carbonyl (C=O) groups excluding carboxylic acids is 1. The number of amides is 1. The van der Waals surface area contributed by atoms with Crippen LogP contribution in [0, 0.1) is 0 Å². The summed E-state index contributed by atoms with van der Waals surface area (Å²) in [6, 6.07) is 16.6. The Morgan fingerprint density at radius 2 is 1.70 bits per heavy atom. The summed E-state index contributed by atoms with van der Waals surface area (Å²) in [5, 5.41) is 6.13. The lowest BCUT2D eigenvalue weighted by Crippen LogP contribution is -2.26. The largest absolute Gasteiger partial charge is 0.497 e. The zero-order chi connectivity index (χ0) is 21.3. The lowest BCUT2D eigenvalue weighted by atomic mass is 10.1. The molecule has 156 valence electrons. The molecule has 7 heteroatoms. The van der Waals surface area contributed by atoms with Gasteiger partial charge in [-0.1, -0.05) is 6.07 Å². The van der Waals surface area contributed by atoms with Gasteiger partial charge in [-0.05, 0) is 60.5 Å². The molecule has 0 unspecified atom stereocenters. The van der Waals surface area contributed by atoms with E-state index in [1.54, 1.807) is 39.7 Å². The molecule has 30 heavy (non-hydrogen) atoms. The SMILES string of the molecule is COc1ccc(Nc2ncccc2C(=O)NCCc2ccc(OC)c(OC)c2)cc1. The van der Waals surface area contributed by atoms with Crippen molar-refractivity contribution < 1.29 is 19.0 Å². The monoisotopic (exact) mass is 407 g/mol. The zero-order valence-electron chi connectivity index (χ0n) is 17.3. The second-order valence-electron chi connectivity index (χ2n) is 6.45. The second-order valence-corrected chi connectivity index (χ2v) is 6.45. The van der Waals surface area contributed by atoms with Crippen molar-refractivity contribution in [2.24, 2.45) is 0 Å². The maximum absolute atomic E-state index is 12.7. The van der Waals surface area contributed by atoms with E-state index in [9.17, 15) is 4.79 Å².